The van der Waals surface area contributed by atoms with Crippen LogP contribution in [0, 0.1) is 0 Å². The predicted molar refractivity (Wildman–Crippen MR) is 34.2 cm³/mol. The van der Waals surface area contributed by atoms with Crippen LogP contribution in [0.1, 0.15) is 6.42 Å². The SMILES string of the molecule is CN1COC[C@H](O)CC1=O. The van der Waals surface area contributed by atoms with E-state index in [4.69, 9.17) is 9.84 Å². The largest absolute Gasteiger partial charge is 0.390 e. The second kappa shape index (κ2) is 2.98. The molecule has 1 rings (SSSR count). The molecule has 0 spiro atoms. The molecule has 1 aliphatic heterocycles. The van der Waals surface area contributed by atoms with Gasteiger partial charge in [0.25, 0.3) is 0 Å². The lowest BCUT2D eigenvalue weighted by molar-refractivity contribution is -0.132. The van der Waals surface area contributed by atoms with Crippen molar-refractivity contribution < 1.29 is 14.6 Å². The van der Waals surface area contributed by atoms with E-state index in [1.807, 2.05) is 0 Å². The lowest BCUT2D eigenvalue weighted by atomic mass is 10.2. The van der Waals surface area contributed by atoms with E-state index in [9.17, 15) is 4.79 Å². The van der Waals surface area contributed by atoms with Crippen molar-refractivity contribution in [3.8, 4) is 0 Å². The number of amides is 1. The zero-order valence-corrected chi connectivity index (χ0v) is 5.91. The third kappa shape index (κ3) is 1.68. The molecule has 1 atom stereocenters. The Morgan fingerprint density at radius 1 is 1.80 bits per heavy atom. The fraction of sp³-hybridized carbons (Fsp3) is 0.833. The van der Waals surface area contributed by atoms with Crippen molar-refractivity contribution in [2.75, 3.05) is 20.4 Å². The molecule has 1 fully saturated rings. The molecular weight excluding hydrogens is 134 g/mol. The molecule has 1 saturated heterocycles. The fourth-order valence-corrected chi connectivity index (χ4v) is 0.814. The Morgan fingerprint density at radius 2 is 2.50 bits per heavy atom. The van der Waals surface area contributed by atoms with E-state index < -0.39 is 6.10 Å². The van der Waals surface area contributed by atoms with Gasteiger partial charge >= 0.3 is 0 Å². The summed E-state index contributed by atoms with van der Waals surface area (Å²) in [4.78, 5) is 12.4. The first-order chi connectivity index (χ1) is 4.70. The molecule has 58 valence electrons. The number of hydrogen-bond donors (Lipinski definition) is 1. The highest BCUT2D eigenvalue weighted by Crippen LogP contribution is 2.02. The lowest BCUT2D eigenvalue weighted by Crippen LogP contribution is -2.27. The zero-order chi connectivity index (χ0) is 7.56. The van der Waals surface area contributed by atoms with Gasteiger partial charge in [0, 0.05) is 7.05 Å². The number of ether oxygens (including phenoxy) is 1. The Labute approximate surface area is 59.4 Å². The number of carbonyl (C=O) groups is 1. The molecular formula is C6H11NO3. The van der Waals surface area contributed by atoms with Gasteiger partial charge in [0.2, 0.25) is 5.91 Å². The van der Waals surface area contributed by atoms with Gasteiger partial charge in [-0.1, -0.05) is 0 Å². The third-order valence-electron chi connectivity index (χ3n) is 1.43. The molecule has 0 aromatic heterocycles. The van der Waals surface area contributed by atoms with E-state index in [1.54, 1.807) is 7.05 Å². The van der Waals surface area contributed by atoms with Crippen molar-refractivity contribution in [2.24, 2.45) is 0 Å². The minimum absolute atomic E-state index is 0.0648. The number of nitrogens with zero attached hydrogens (tertiary/aromatic N) is 1. The average molecular weight is 145 g/mol. The minimum Gasteiger partial charge on any atom is -0.390 e. The molecule has 0 radical (unpaired) electrons. The number of hydrogen-bond acceptors (Lipinski definition) is 3. The van der Waals surface area contributed by atoms with Gasteiger partial charge in [0.1, 0.15) is 6.73 Å². The number of carbonyl (C=O) groups excluding carboxylic acids is 1. The van der Waals surface area contributed by atoms with Gasteiger partial charge in [0.15, 0.2) is 0 Å². The molecule has 0 aromatic rings. The van der Waals surface area contributed by atoms with Crippen LogP contribution in [0.3, 0.4) is 0 Å². The first-order valence-electron chi connectivity index (χ1n) is 3.20. The smallest absolute Gasteiger partial charge is 0.226 e. The van der Waals surface area contributed by atoms with Crippen LogP contribution in [-0.2, 0) is 9.53 Å². The summed E-state index contributed by atoms with van der Waals surface area (Å²) in [6.07, 6.45) is -0.450. The Balaban J connectivity index is 2.49. The summed E-state index contributed by atoms with van der Waals surface area (Å²) in [7, 11) is 1.65. The molecule has 1 N–H and O–H groups in total. The van der Waals surface area contributed by atoms with Gasteiger partial charge in [-0.05, 0) is 0 Å². The van der Waals surface area contributed by atoms with E-state index >= 15 is 0 Å². The summed E-state index contributed by atoms with van der Waals surface area (Å²) < 4.78 is 4.94. The Bertz CT molecular complexity index is 137. The normalized spacial score (nSPS) is 28.4. The minimum atomic E-state index is -0.627. The summed E-state index contributed by atoms with van der Waals surface area (Å²) in [6.45, 7) is 0.548. The quantitative estimate of drug-likeness (QED) is 0.484. The van der Waals surface area contributed by atoms with E-state index in [0.29, 0.717) is 0 Å². The predicted octanol–water partition coefficient (Wildman–Crippen LogP) is -0.817. The van der Waals surface area contributed by atoms with Crippen molar-refractivity contribution in [3.63, 3.8) is 0 Å². The molecule has 1 heterocycles. The standard InChI is InChI=1S/C6H11NO3/c1-7-4-10-3-5(8)2-6(7)9/h5,8H,2-4H2,1H3/t5-/m1/s1. The maximum absolute atomic E-state index is 10.9. The van der Waals surface area contributed by atoms with Crippen LogP contribution in [0.4, 0.5) is 0 Å². The van der Waals surface area contributed by atoms with Crippen LogP contribution in [0.15, 0.2) is 0 Å². The van der Waals surface area contributed by atoms with Crippen molar-refractivity contribution >= 4 is 5.91 Å². The summed E-state index contributed by atoms with van der Waals surface area (Å²) in [6, 6.07) is 0. The topological polar surface area (TPSA) is 49.8 Å². The first-order valence-corrected chi connectivity index (χ1v) is 3.20. The van der Waals surface area contributed by atoms with E-state index in [0.717, 1.165) is 0 Å². The van der Waals surface area contributed by atoms with Crippen molar-refractivity contribution in [2.45, 2.75) is 12.5 Å². The maximum Gasteiger partial charge on any atom is 0.226 e. The van der Waals surface area contributed by atoms with Gasteiger partial charge in [-0.15, -0.1) is 0 Å². The Kier molecular flexibility index (Phi) is 2.24. The summed E-state index contributed by atoms with van der Waals surface area (Å²) in [5.41, 5.74) is 0. The average Bonchev–Trinajstić information content (AvgIpc) is 1.96. The molecule has 10 heavy (non-hydrogen) atoms. The monoisotopic (exact) mass is 145 g/mol. The molecule has 0 aliphatic carbocycles. The number of aliphatic hydroxyl groups is 1. The van der Waals surface area contributed by atoms with E-state index in [-0.39, 0.29) is 25.7 Å². The van der Waals surface area contributed by atoms with Gasteiger partial charge in [-0.3, -0.25) is 4.79 Å². The lowest BCUT2D eigenvalue weighted by Gasteiger charge is -2.11. The van der Waals surface area contributed by atoms with Crippen LogP contribution >= 0.6 is 0 Å². The van der Waals surface area contributed by atoms with Crippen molar-refractivity contribution in [1.29, 1.82) is 0 Å². The first kappa shape index (κ1) is 7.50. The van der Waals surface area contributed by atoms with Gasteiger partial charge in [-0.25, -0.2) is 0 Å². The van der Waals surface area contributed by atoms with E-state index in [2.05, 4.69) is 0 Å². The number of rotatable bonds is 0. The van der Waals surface area contributed by atoms with Gasteiger partial charge < -0.3 is 14.7 Å². The molecule has 1 aliphatic rings. The molecule has 0 aromatic carbocycles. The molecule has 0 bridgehead atoms. The van der Waals surface area contributed by atoms with E-state index in [1.165, 1.54) is 4.90 Å². The zero-order valence-electron chi connectivity index (χ0n) is 5.91. The van der Waals surface area contributed by atoms with Crippen molar-refractivity contribution in [3.05, 3.63) is 0 Å². The van der Waals surface area contributed by atoms with Crippen LogP contribution in [-0.4, -0.2) is 42.4 Å². The second-order valence-corrected chi connectivity index (χ2v) is 2.45. The molecule has 4 heteroatoms. The highest BCUT2D eigenvalue weighted by molar-refractivity contribution is 5.76. The van der Waals surface area contributed by atoms with Crippen LogP contribution in [0.25, 0.3) is 0 Å². The summed E-state index contributed by atoms with van der Waals surface area (Å²) in [5, 5.41) is 9.00. The fourth-order valence-electron chi connectivity index (χ4n) is 0.814. The number of aliphatic hydroxyl groups excluding tert-OH is 1. The maximum atomic E-state index is 10.9. The summed E-state index contributed by atoms with van der Waals surface area (Å²) >= 11 is 0. The highest BCUT2D eigenvalue weighted by atomic mass is 16.5. The molecule has 4 nitrogen and oxygen atoms in total. The summed E-state index contributed by atoms with van der Waals surface area (Å²) in [5.74, 6) is -0.0648. The van der Waals surface area contributed by atoms with Crippen LogP contribution < -0.4 is 0 Å². The van der Waals surface area contributed by atoms with Crippen LogP contribution in [0.2, 0.25) is 0 Å². The van der Waals surface area contributed by atoms with Crippen LogP contribution in [0.5, 0.6) is 0 Å². The molecule has 1 amide bonds. The Morgan fingerprint density at radius 3 is 3.20 bits per heavy atom. The third-order valence-corrected chi connectivity index (χ3v) is 1.43. The second-order valence-electron chi connectivity index (χ2n) is 2.45. The van der Waals surface area contributed by atoms with Gasteiger partial charge in [0.05, 0.1) is 19.1 Å². The molecule has 0 saturated carbocycles. The van der Waals surface area contributed by atoms with Gasteiger partial charge in [-0.2, -0.15) is 0 Å². The molecule has 0 unspecified atom stereocenters. The highest BCUT2D eigenvalue weighted by Gasteiger charge is 2.18. The Hall–Kier alpha value is -0.610. The van der Waals surface area contributed by atoms with Crippen molar-refractivity contribution in [1.82, 2.24) is 4.90 Å².